The third-order valence-electron chi connectivity index (χ3n) is 4.52. The molecule has 0 bridgehead atoms. The molecule has 0 unspecified atom stereocenters. The van der Waals surface area contributed by atoms with Gasteiger partial charge >= 0.3 is 6.15 Å². The van der Waals surface area contributed by atoms with Gasteiger partial charge in [-0.15, -0.1) is 5.10 Å². The average molecular weight is 451 g/mol. The molecule has 33 heavy (non-hydrogen) atoms. The van der Waals surface area contributed by atoms with Crippen LogP contribution < -0.4 is 5.73 Å². The van der Waals surface area contributed by atoms with E-state index in [-0.39, 0.29) is 23.4 Å². The van der Waals surface area contributed by atoms with Crippen LogP contribution in [0.15, 0.2) is 48.7 Å². The molecule has 0 aliphatic carbocycles. The zero-order valence-corrected chi connectivity index (χ0v) is 17.7. The molecule has 0 aliphatic heterocycles. The molecule has 0 fully saturated rings. The number of benzene rings is 1. The van der Waals surface area contributed by atoms with Gasteiger partial charge in [-0.05, 0) is 36.2 Å². The molecule has 168 valence electrons. The zero-order valence-electron chi connectivity index (χ0n) is 17.7. The standard InChI is InChI=1S/C21H19F2N7.CO2/c1-12(2)16-8-3-5-13(25-16)10-30-11-19(28-29-30)18-9-17(26-21(24)27-18)14-6-4-7-15(22)20(14)23;2-1-3/h3-9,11-12H,10H2,1-2H3,(H2,24,26,27);. The van der Waals surface area contributed by atoms with Gasteiger partial charge in [0, 0.05) is 11.3 Å². The highest BCUT2D eigenvalue weighted by atomic mass is 19.2. The molecule has 0 atom stereocenters. The maximum absolute atomic E-state index is 14.2. The van der Waals surface area contributed by atoms with Gasteiger partial charge in [0.05, 0.1) is 29.8 Å². The first-order valence-electron chi connectivity index (χ1n) is 9.77. The fourth-order valence-electron chi connectivity index (χ4n) is 3.00. The van der Waals surface area contributed by atoms with Crippen LogP contribution in [0.25, 0.3) is 22.6 Å². The summed E-state index contributed by atoms with van der Waals surface area (Å²) in [5.74, 6) is -1.72. The largest absolute Gasteiger partial charge is 0.373 e. The number of anilines is 1. The summed E-state index contributed by atoms with van der Waals surface area (Å²) in [5.41, 5.74) is 8.59. The van der Waals surface area contributed by atoms with E-state index in [1.54, 1.807) is 10.9 Å². The third-order valence-corrected chi connectivity index (χ3v) is 4.52. The minimum Gasteiger partial charge on any atom is -0.368 e. The first kappa shape index (κ1) is 23.3. The van der Waals surface area contributed by atoms with E-state index in [0.29, 0.717) is 23.9 Å². The maximum Gasteiger partial charge on any atom is 0.373 e. The number of nitrogen functional groups attached to an aromatic ring is 1. The molecule has 4 rings (SSSR count). The highest BCUT2D eigenvalue weighted by Gasteiger charge is 2.15. The summed E-state index contributed by atoms with van der Waals surface area (Å²) in [6, 6.07) is 11.2. The number of aromatic nitrogens is 6. The van der Waals surface area contributed by atoms with Gasteiger partial charge in [-0.25, -0.2) is 23.4 Å². The highest BCUT2D eigenvalue weighted by molar-refractivity contribution is 5.67. The fourth-order valence-corrected chi connectivity index (χ4v) is 3.00. The van der Waals surface area contributed by atoms with Gasteiger partial charge in [-0.2, -0.15) is 9.59 Å². The average Bonchev–Trinajstić information content (AvgIpc) is 3.24. The zero-order chi connectivity index (χ0) is 24.0. The molecule has 9 nitrogen and oxygen atoms in total. The molecule has 3 heterocycles. The molecule has 0 amide bonds. The van der Waals surface area contributed by atoms with Crippen molar-refractivity contribution in [2.24, 2.45) is 0 Å². The van der Waals surface area contributed by atoms with Gasteiger partial charge in [-0.1, -0.05) is 31.2 Å². The van der Waals surface area contributed by atoms with Crippen LogP contribution in [0.3, 0.4) is 0 Å². The Hall–Kier alpha value is -4.37. The van der Waals surface area contributed by atoms with E-state index in [1.807, 2.05) is 18.2 Å². The van der Waals surface area contributed by atoms with Crippen molar-refractivity contribution in [1.29, 1.82) is 0 Å². The summed E-state index contributed by atoms with van der Waals surface area (Å²) in [6.07, 6.45) is 1.94. The lowest BCUT2D eigenvalue weighted by Gasteiger charge is -2.07. The summed E-state index contributed by atoms with van der Waals surface area (Å²) >= 11 is 0. The normalized spacial score (nSPS) is 10.5. The Labute approximate surface area is 187 Å². The van der Waals surface area contributed by atoms with Gasteiger partial charge in [0.25, 0.3) is 0 Å². The fraction of sp³-hybridized carbons (Fsp3) is 0.182. The Balaban J connectivity index is 0.000000968. The second-order valence-electron chi connectivity index (χ2n) is 7.19. The Kier molecular flexibility index (Phi) is 7.27. The summed E-state index contributed by atoms with van der Waals surface area (Å²) in [7, 11) is 0. The van der Waals surface area contributed by atoms with E-state index >= 15 is 0 Å². The number of hydrogen-bond donors (Lipinski definition) is 1. The molecule has 0 aliphatic rings. The van der Waals surface area contributed by atoms with E-state index in [4.69, 9.17) is 15.3 Å². The van der Waals surface area contributed by atoms with Crippen LogP contribution in [-0.4, -0.2) is 36.1 Å². The van der Waals surface area contributed by atoms with Crippen LogP contribution in [0, 0.1) is 11.6 Å². The Bertz CT molecular complexity index is 1300. The van der Waals surface area contributed by atoms with Crippen molar-refractivity contribution >= 4 is 12.1 Å². The van der Waals surface area contributed by atoms with Crippen LogP contribution in [0.5, 0.6) is 0 Å². The minimum atomic E-state index is -0.999. The van der Waals surface area contributed by atoms with Gasteiger partial charge in [0.15, 0.2) is 11.6 Å². The molecule has 2 N–H and O–H groups in total. The van der Waals surface area contributed by atoms with Crippen LogP contribution in [0.1, 0.15) is 31.2 Å². The summed E-state index contributed by atoms with van der Waals surface area (Å²) < 4.78 is 29.4. The van der Waals surface area contributed by atoms with Gasteiger partial charge in [0.2, 0.25) is 5.95 Å². The first-order chi connectivity index (χ1) is 15.8. The first-order valence-corrected chi connectivity index (χ1v) is 9.77. The topological polar surface area (TPSA) is 130 Å². The molecular weight excluding hydrogens is 432 g/mol. The lowest BCUT2D eigenvalue weighted by molar-refractivity contribution is -0.191. The second kappa shape index (κ2) is 10.3. The lowest BCUT2D eigenvalue weighted by Crippen LogP contribution is -2.04. The van der Waals surface area contributed by atoms with E-state index in [1.165, 1.54) is 18.2 Å². The van der Waals surface area contributed by atoms with Crippen molar-refractivity contribution in [3.63, 3.8) is 0 Å². The van der Waals surface area contributed by atoms with Crippen molar-refractivity contribution in [1.82, 2.24) is 29.9 Å². The number of rotatable bonds is 5. The van der Waals surface area contributed by atoms with Crippen LogP contribution >= 0.6 is 0 Å². The number of carbonyl (C=O) groups excluding carboxylic acids is 2. The summed E-state index contributed by atoms with van der Waals surface area (Å²) in [6.45, 7) is 4.59. The number of pyridine rings is 1. The lowest BCUT2D eigenvalue weighted by atomic mass is 10.1. The van der Waals surface area contributed by atoms with E-state index in [2.05, 4.69) is 39.1 Å². The van der Waals surface area contributed by atoms with Crippen LogP contribution in [0.4, 0.5) is 14.7 Å². The SMILES string of the molecule is CC(C)c1cccc(Cn2cc(-c3cc(-c4cccc(F)c4F)nc(N)n3)nn2)n1.O=C=O. The number of halogens is 2. The highest BCUT2D eigenvalue weighted by Crippen LogP contribution is 2.26. The van der Waals surface area contributed by atoms with Gasteiger partial charge in [0.1, 0.15) is 5.69 Å². The molecule has 0 saturated heterocycles. The number of nitrogens with two attached hydrogens (primary N) is 1. The van der Waals surface area contributed by atoms with Crippen LogP contribution in [0.2, 0.25) is 0 Å². The number of hydrogen-bond acceptors (Lipinski definition) is 8. The molecule has 11 heteroatoms. The molecule has 4 aromatic rings. The molecule has 0 saturated carbocycles. The maximum atomic E-state index is 14.2. The molecule has 1 aromatic carbocycles. The molecule has 3 aromatic heterocycles. The predicted molar refractivity (Wildman–Crippen MR) is 113 cm³/mol. The molecular formula is C22H19F2N7O2. The molecule has 0 radical (unpaired) electrons. The van der Waals surface area contributed by atoms with Crippen molar-refractivity contribution in [2.45, 2.75) is 26.3 Å². The van der Waals surface area contributed by atoms with Crippen LogP contribution in [-0.2, 0) is 16.1 Å². The van der Waals surface area contributed by atoms with Gasteiger partial charge in [-0.3, -0.25) is 4.98 Å². The number of nitrogens with zero attached hydrogens (tertiary/aromatic N) is 6. The van der Waals surface area contributed by atoms with Gasteiger partial charge < -0.3 is 5.73 Å². The Morgan fingerprint density at radius 3 is 2.42 bits per heavy atom. The van der Waals surface area contributed by atoms with Crippen molar-refractivity contribution in [3.8, 4) is 22.6 Å². The van der Waals surface area contributed by atoms with E-state index in [9.17, 15) is 8.78 Å². The summed E-state index contributed by atoms with van der Waals surface area (Å²) in [5, 5.41) is 8.25. The van der Waals surface area contributed by atoms with Crippen molar-refractivity contribution < 1.29 is 18.4 Å². The minimum absolute atomic E-state index is 0.00700. The monoisotopic (exact) mass is 451 g/mol. The smallest absolute Gasteiger partial charge is 0.368 e. The second-order valence-corrected chi connectivity index (χ2v) is 7.19. The predicted octanol–water partition coefficient (Wildman–Crippen LogP) is 3.25. The molecule has 0 spiro atoms. The Morgan fingerprint density at radius 1 is 1.00 bits per heavy atom. The summed E-state index contributed by atoms with van der Waals surface area (Å²) in [4.78, 5) is 29.1. The van der Waals surface area contributed by atoms with E-state index in [0.717, 1.165) is 17.5 Å². The van der Waals surface area contributed by atoms with Crippen molar-refractivity contribution in [3.05, 3.63) is 71.7 Å². The van der Waals surface area contributed by atoms with E-state index < -0.39 is 11.6 Å². The van der Waals surface area contributed by atoms with Crippen molar-refractivity contribution in [2.75, 3.05) is 5.73 Å². The Morgan fingerprint density at radius 2 is 1.70 bits per heavy atom. The third kappa shape index (κ3) is 5.66. The quantitative estimate of drug-likeness (QED) is 0.489.